The molecule has 0 aliphatic carbocycles. The lowest BCUT2D eigenvalue weighted by molar-refractivity contribution is -0.215. The molecule has 82 valence electrons. The zero-order valence-electron chi connectivity index (χ0n) is 8.68. The highest BCUT2D eigenvalue weighted by atomic mass is 79.9. The van der Waals surface area contributed by atoms with Crippen LogP contribution in [0.15, 0.2) is 24.3 Å². The predicted octanol–water partition coefficient (Wildman–Crippen LogP) is 1.58. The third-order valence-corrected chi connectivity index (χ3v) is 3.49. The molecule has 3 nitrogen and oxygen atoms in total. The average molecular weight is 272 g/mol. The molecule has 0 fully saturated rings. The van der Waals surface area contributed by atoms with Crippen molar-refractivity contribution in [3.8, 4) is 11.5 Å². The van der Waals surface area contributed by atoms with Crippen LogP contribution in [-0.4, -0.2) is 17.0 Å². The van der Waals surface area contributed by atoms with Gasteiger partial charge in [0, 0.05) is 4.73 Å². The van der Waals surface area contributed by atoms with Crippen LogP contribution < -0.4 is 9.68 Å². The van der Waals surface area contributed by atoms with Gasteiger partial charge < -0.3 is 14.8 Å². The highest BCUT2D eigenvalue weighted by Gasteiger charge is 2.18. The van der Waals surface area contributed by atoms with E-state index in [2.05, 4.69) is 15.9 Å². The van der Waals surface area contributed by atoms with Crippen molar-refractivity contribution < 1.29 is 14.8 Å². The Morgan fingerprint density at radius 3 is 2.53 bits per heavy atom. The second-order valence-electron chi connectivity index (χ2n) is 3.64. The lowest BCUT2D eigenvalue weighted by Crippen LogP contribution is -2.48. The van der Waals surface area contributed by atoms with E-state index in [0.717, 1.165) is 0 Å². The van der Waals surface area contributed by atoms with E-state index in [4.69, 9.17) is 4.65 Å². The van der Waals surface area contributed by atoms with Gasteiger partial charge in [0.05, 0.1) is 0 Å². The molecule has 0 saturated carbocycles. The van der Waals surface area contributed by atoms with Gasteiger partial charge in [-0.3, -0.25) is 0 Å². The Morgan fingerprint density at radius 1 is 1.40 bits per heavy atom. The van der Waals surface area contributed by atoms with Crippen molar-refractivity contribution in [3.05, 3.63) is 24.3 Å². The fourth-order valence-electron chi connectivity index (χ4n) is 1.06. The molecule has 0 radical (unpaired) electrons. The first-order chi connectivity index (χ1) is 7.02. The summed E-state index contributed by atoms with van der Waals surface area (Å²) >= 11 is 3.27. The fraction of sp³-hybridized carbons (Fsp3) is 0.400. The Bertz CT molecular complexity index is 319. The zero-order chi connectivity index (χ0) is 11.4. The Kier molecular flexibility index (Phi) is 4.48. The van der Waals surface area contributed by atoms with E-state index >= 15 is 0 Å². The summed E-state index contributed by atoms with van der Waals surface area (Å²) in [6, 6.07) is 6.44. The molecular weight excluding hydrogens is 259 g/mol. The first-order valence-corrected chi connectivity index (χ1v) is 5.68. The molecule has 5 heteroatoms. The number of halogens is 1. The number of benzene rings is 1. The van der Waals surface area contributed by atoms with Crippen LogP contribution in [0.2, 0.25) is 0 Å². The highest BCUT2D eigenvalue weighted by Crippen LogP contribution is 2.26. The molecule has 0 saturated heterocycles. The van der Waals surface area contributed by atoms with Crippen molar-refractivity contribution >= 4 is 23.0 Å². The van der Waals surface area contributed by atoms with Crippen molar-refractivity contribution in [2.75, 3.05) is 0 Å². The summed E-state index contributed by atoms with van der Waals surface area (Å²) < 4.78 is 4.84. The van der Waals surface area contributed by atoms with Crippen molar-refractivity contribution in [1.29, 1.82) is 0 Å². The van der Waals surface area contributed by atoms with Crippen LogP contribution >= 0.6 is 15.9 Å². The molecule has 1 atom stereocenters. The van der Waals surface area contributed by atoms with Crippen LogP contribution in [0.4, 0.5) is 0 Å². The van der Waals surface area contributed by atoms with Gasteiger partial charge >= 0.3 is 0 Å². The standard InChI is InChI=1S/C10H13BBrO3/c1-7(2)10(12)11(14)15-9-6-4-3-5-8(9)13/h3-7,10,13H,1-2H3/q-1. The predicted molar refractivity (Wildman–Crippen MR) is 62.0 cm³/mol. The molecule has 15 heavy (non-hydrogen) atoms. The number of hydrogen-bond acceptors (Lipinski definition) is 3. The minimum atomic E-state index is -1.22. The molecule has 1 N–H and O–H groups in total. The number of rotatable bonds is 4. The molecule has 1 aromatic rings. The van der Waals surface area contributed by atoms with E-state index in [1.165, 1.54) is 6.07 Å². The molecule has 0 aromatic heterocycles. The molecule has 1 unspecified atom stereocenters. The third-order valence-electron chi connectivity index (χ3n) is 2.01. The van der Waals surface area contributed by atoms with Gasteiger partial charge in [0.1, 0.15) is 5.75 Å². The Labute approximate surface area is 98.4 Å². The molecule has 1 rings (SSSR count). The number of para-hydroxylation sites is 2. The summed E-state index contributed by atoms with van der Waals surface area (Å²) in [7, 11) is -1.22. The summed E-state index contributed by atoms with van der Waals surface area (Å²) in [6.45, 7) is 3.86. The van der Waals surface area contributed by atoms with Gasteiger partial charge in [-0.25, -0.2) is 0 Å². The van der Waals surface area contributed by atoms with Gasteiger partial charge in [-0.05, 0) is 18.1 Å². The maximum Gasteiger partial charge on any atom is 0.265 e. The van der Waals surface area contributed by atoms with Crippen LogP contribution in [0.25, 0.3) is 0 Å². The average Bonchev–Trinajstić information content (AvgIpc) is 2.20. The molecule has 0 heterocycles. The molecule has 0 amide bonds. The van der Waals surface area contributed by atoms with E-state index < -0.39 is 7.12 Å². The van der Waals surface area contributed by atoms with Gasteiger partial charge in [-0.1, -0.05) is 41.9 Å². The van der Waals surface area contributed by atoms with Gasteiger partial charge in [0.15, 0.2) is 5.75 Å². The summed E-state index contributed by atoms with van der Waals surface area (Å²) in [4.78, 5) is 0. The largest absolute Gasteiger partial charge is 0.845 e. The Hall–Kier alpha value is -0.675. The second kappa shape index (κ2) is 5.42. The summed E-state index contributed by atoms with van der Waals surface area (Å²) in [5.41, 5.74) is 0. The summed E-state index contributed by atoms with van der Waals surface area (Å²) in [5, 5.41) is 21.0. The number of hydrogen-bond donors (Lipinski definition) is 1. The zero-order valence-corrected chi connectivity index (χ0v) is 10.3. The molecule has 0 spiro atoms. The van der Waals surface area contributed by atoms with Crippen LogP contribution in [0.1, 0.15) is 13.8 Å². The van der Waals surface area contributed by atoms with Crippen LogP contribution in [-0.2, 0) is 0 Å². The van der Waals surface area contributed by atoms with Crippen LogP contribution in [0.3, 0.4) is 0 Å². The lowest BCUT2D eigenvalue weighted by Gasteiger charge is -2.28. The van der Waals surface area contributed by atoms with Gasteiger partial charge in [0.25, 0.3) is 7.12 Å². The van der Waals surface area contributed by atoms with Gasteiger partial charge in [0.2, 0.25) is 0 Å². The fourth-order valence-corrected chi connectivity index (χ4v) is 1.17. The van der Waals surface area contributed by atoms with E-state index in [9.17, 15) is 10.1 Å². The quantitative estimate of drug-likeness (QED) is 0.668. The summed E-state index contributed by atoms with van der Waals surface area (Å²) in [6.07, 6.45) is 0. The number of phenolic OH excluding ortho intramolecular Hbond substituents is 1. The minimum absolute atomic E-state index is 0.0122. The monoisotopic (exact) mass is 271 g/mol. The maximum absolute atomic E-state index is 11.6. The van der Waals surface area contributed by atoms with E-state index in [0.29, 0.717) is 0 Å². The first-order valence-electron chi connectivity index (χ1n) is 4.77. The summed E-state index contributed by atoms with van der Waals surface area (Å²) in [5.74, 6) is 0.391. The SMILES string of the molecule is CC(C)C(Br)B([O-])Oc1ccccc1O. The smallest absolute Gasteiger partial charge is 0.265 e. The lowest BCUT2D eigenvalue weighted by atomic mass is 9.79. The minimum Gasteiger partial charge on any atom is -0.845 e. The van der Waals surface area contributed by atoms with E-state index in [-0.39, 0.29) is 22.1 Å². The molecule has 0 aliphatic rings. The van der Waals surface area contributed by atoms with Gasteiger partial charge in [-0.2, -0.15) is 0 Å². The van der Waals surface area contributed by atoms with E-state index in [1.54, 1.807) is 18.2 Å². The first kappa shape index (κ1) is 12.4. The highest BCUT2D eigenvalue weighted by molar-refractivity contribution is 9.10. The van der Waals surface area contributed by atoms with Crippen LogP contribution in [0.5, 0.6) is 11.5 Å². The molecular formula is C10H13BBrO3-. The normalized spacial score (nSPS) is 12.6. The Morgan fingerprint density at radius 2 is 2.00 bits per heavy atom. The number of aromatic hydroxyl groups is 1. The molecule has 1 aromatic carbocycles. The van der Waals surface area contributed by atoms with Crippen molar-refractivity contribution in [1.82, 2.24) is 0 Å². The number of phenols is 1. The third kappa shape index (κ3) is 3.43. The second-order valence-corrected chi connectivity index (χ2v) is 4.70. The molecule has 0 aliphatic heterocycles. The Balaban J connectivity index is 2.66. The van der Waals surface area contributed by atoms with Crippen molar-refractivity contribution in [3.63, 3.8) is 0 Å². The van der Waals surface area contributed by atoms with Crippen LogP contribution in [0, 0.1) is 5.92 Å². The van der Waals surface area contributed by atoms with Crippen molar-refractivity contribution in [2.45, 2.75) is 18.6 Å². The van der Waals surface area contributed by atoms with E-state index in [1.807, 2.05) is 13.8 Å². The topological polar surface area (TPSA) is 52.5 Å². The number of alkyl halides is 1. The maximum atomic E-state index is 11.6. The molecule has 0 bridgehead atoms. The van der Waals surface area contributed by atoms with Crippen molar-refractivity contribution in [2.24, 2.45) is 5.92 Å². The van der Waals surface area contributed by atoms with Gasteiger partial charge in [-0.15, -0.1) is 0 Å².